The van der Waals surface area contributed by atoms with Crippen LogP contribution >= 0.6 is 22.6 Å². The molecule has 0 saturated heterocycles. The summed E-state index contributed by atoms with van der Waals surface area (Å²) in [5, 5.41) is 0. The van der Waals surface area contributed by atoms with Gasteiger partial charge in [0.25, 0.3) is 10.0 Å². The van der Waals surface area contributed by atoms with Crippen molar-refractivity contribution in [3.05, 3.63) is 21.8 Å². The zero-order valence-electron chi connectivity index (χ0n) is 8.72. The van der Waals surface area contributed by atoms with E-state index in [0.29, 0.717) is 4.90 Å². The fourth-order valence-corrected chi connectivity index (χ4v) is 3.37. The van der Waals surface area contributed by atoms with Gasteiger partial charge < -0.3 is 4.90 Å². The molecule has 6 heteroatoms. The Morgan fingerprint density at radius 1 is 1.44 bits per heavy atom. The number of fused-ring (bicyclic) bond motifs is 1. The van der Waals surface area contributed by atoms with Crippen molar-refractivity contribution in [2.24, 2.45) is 4.40 Å². The second kappa shape index (κ2) is 4.33. The highest BCUT2D eigenvalue weighted by molar-refractivity contribution is 14.1. The SMILES string of the molecule is CCCN1C=NS(=O)(=O)c2cc(I)ccc21. The Hall–Kier alpha value is -0.630. The van der Waals surface area contributed by atoms with Crippen LogP contribution in [0.15, 0.2) is 27.5 Å². The van der Waals surface area contributed by atoms with Gasteiger partial charge in [-0.3, -0.25) is 0 Å². The molecule has 0 saturated carbocycles. The Morgan fingerprint density at radius 2 is 2.19 bits per heavy atom. The van der Waals surface area contributed by atoms with Gasteiger partial charge in [0.1, 0.15) is 11.2 Å². The van der Waals surface area contributed by atoms with Gasteiger partial charge in [0.05, 0.1) is 5.69 Å². The van der Waals surface area contributed by atoms with Crippen LogP contribution < -0.4 is 4.90 Å². The summed E-state index contributed by atoms with van der Waals surface area (Å²) < 4.78 is 28.0. The molecule has 0 N–H and O–H groups in total. The molecule has 0 spiro atoms. The number of hydrogen-bond acceptors (Lipinski definition) is 3. The summed E-state index contributed by atoms with van der Waals surface area (Å²) in [5.41, 5.74) is 0.720. The van der Waals surface area contributed by atoms with Gasteiger partial charge >= 0.3 is 0 Å². The zero-order valence-corrected chi connectivity index (χ0v) is 11.7. The third-order valence-electron chi connectivity index (χ3n) is 2.30. The Kier molecular flexibility index (Phi) is 3.20. The standard InChI is InChI=1S/C10H11IN2O2S/c1-2-5-13-7-12-16(14,15)10-6-8(11)3-4-9(10)13/h3-4,6-7H,2,5H2,1H3. The molecule has 1 heterocycles. The topological polar surface area (TPSA) is 49.7 Å². The summed E-state index contributed by atoms with van der Waals surface area (Å²) in [4.78, 5) is 2.17. The second-order valence-electron chi connectivity index (χ2n) is 3.50. The molecule has 0 atom stereocenters. The molecule has 1 aromatic carbocycles. The van der Waals surface area contributed by atoms with E-state index in [1.165, 1.54) is 6.34 Å². The number of sulfonamides is 1. The maximum atomic E-state index is 11.7. The summed E-state index contributed by atoms with van der Waals surface area (Å²) >= 11 is 2.10. The van der Waals surface area contributed by atoms with Crippen LogP contribution in [0.25, 0.3) is 0 Å². The van der Waals surface area contributed by atoms with E-state index in [2.05, 4.69) is 27.0 Å². The van der Waals surface area contributed by atoms with E-state index in [9.17, 15) is 8.42 Å². The largest absolute Gasteiger partial charge is 0.331 e. The first-order valence-corrected chi connectivity index (χ1v) is 7.43. The Morgan fingerprint density at radius 3 is 2.88 bits per heavy atom. The number of nitrogens with zero attached hydrogens (tertiary/aromatic N) is 2. The van der Waals surface area contributed by atoms with Gasteiger partial charge in [0.2, 0.25) is 0 Å². The average molecular weight is 350 g/mol. The number of rotatable bonds is 2. The van der Waals surface area contributed by atoms with Crippen LogP contribution in [0.2, 0.25) is 0 Å². The van der Waals surface area contributed by atoms with Crippen molar-refractivity contribution in [3.8, 4) is 0 Å². The molecule has 1 aliphatic heterocycles. The summed E-state index contributed by atoms with van der Waals surface area (Å²) in [5.74, 6) is 0. The van der Waals surface area contributed by atoms with Gasteiger partial charge in [0, 0.05) is 10.1 Å². The molecule has 0 unspecified atom stereocenters. The molecule has 0 fully saturated rings. The Labute approximate surface area is 109 Å². The van der Waals surface area contributed by atoms with E-state index in [1.807, 2.05) is 24.0 Å². The highest BCUT2D eigenvalue weighted by Gasteiger charge is 2.24. The van der Waals surface area contributed by atoms with Crippen LogP contribution in [0.4, 0.5) is 5.69 Å². The van der Waals surface area contributed by atoms with Gasteiger partial charge in [0.15, 0.2) is 0 Å². The fourth-order valence-electron chi connectivity index (χ4n) is 1.59. The van der Waals surface area contributed by atoms with Gasteiger partial charge in [-0.1, -0.05) is 6.92 Å². The van der Waals surface area contributed by atoms with E-state index in [0.717, 1.165) is 22.2 Å². The first-order valence-electron chi connectivity index (χ1n) is 4.91. The molecule has 0 bridgehead atoms. The normalized spacial score (nSPS) is 17.2. The van der Waals surface area contributed by atoms with Crippen molar-refractivity contribution < 1.29 is 8.42 Å². The Bertz CT molecular complexity index is 540. The molecule has 16 heavy (non-hydrogen) atoms. The first kappa shape index (κ1) is 11.8. The minimum atomic E-state index is -3.49. The number of halogens is 1. The van der Waals surface area contributed by atoms with Gasteiger partial charge in [-0.25, -0.2) is 0 Å². The molecule has 0 aromatic heterocycles. The van der Waals surface area contributed by atoms with Crippen LogP contribution in [0.3, 0.4) is 0 Å². The molecule has 0 aliphatic carbocycles. The van der Waals surface area contributed by atoms with Crippen LogP contribution in [-0.2, 0) is 10.0 Å². The molecule has 4 nitrogen and oxygen atoms in total. The molecule has 86 valence electrons. The van der Waals surface area contributed by atoms with Crippen molar-refractivity contribution in [1.82, 2.24) is 0 Å². The van der Waals surface area contributed by atoms with E-state index < -0.39 is 10.0 Å². The minimum Gasteiger partial charge on any atom is -0.331 e. The van der Waals surface area contributed by atoms with E-state index in [1.54, 1.807) is 6.07 Å². The maximum absolute atomic E-state index is 11.7. The van der Waals surface area contributed by atoms with Gasteiger partial charge in [-0.05, 0) is 47.2 Å². The lowest BCUT2D eigenvalue weighted by molar-refractivity contribution is 0.597. The van der Waals surface area contributed by atoms with Crippen LogP contribution in [-0.4, -0.2) is 21.3 Å². The molecule has 2 rings (SSSR count). The van der Waals surface area contributed by atoms with Crippen LogP contribution in [0.1, 0.15) is 13.3 Å². The fraction of sp³-hybridized carbons (Fsp3) is 0.300. The first-order chi connectivity index (χ1) is 7.54. The predicted molar refractivity (Wildman–Crippen MR) is 72.5 cm³/mol. The molecular weight excluding hydrogens is 339 g/mol. The lowest BCUT2D eigenvalue weighted by atomic mass is 10.3. The van der Waals surface area contributed by atoms with Crippen molar-refractivity contribution >= 4 is 44.6 Å². The van der Waals surface area contributed by atoms with E-state index >= 15 is 0 Å². The number of hydrogen-bond donors (Lipinski definition) is 0. The maximum Gasteiger partial charge on any atom is 0.285 e. The van der Waals surface area contributed by atoms with E-state index in [4.69, 9.17) is 0 Å². The van der Waals surface area contributed by atoms with Crippen molar-refractivity contribution in [2.45, 2.75) is 18.2 Å². The molecule has 1 aromatic rings. The molecule has 1 aliphatic rings. The molecule has 0 radical (unpaired) electrons. The summed E-state index contributed by atoms with van der Waals surface area (Å²) in [6.45, 7) is 2.82. The quantitative estimate of drug-likeness (QED) is 0.769. The summed E-state index contributed by atoms with van der Waals surface area (Å²) in [6.07, 6.45) is 2.34. The third kappa shape index (κ3) is 2.08. The van der Waals surface area contributed by atoms with Crippen LogP contribution in [0, 0.1) is 3.57 Å². The second-order valence-corrected chi connectivity index (χ2v) is 6.35. The average Bonchev–Trinajstić information content (AvgIpc) is 2.23. The summed E-state index contributed by atoms with van der Waals surface area (Å²) in [6, 6.07) is 5.39. The third-order valence-corrected chi connectivity index (χ3v) is 4.22. The summed E-state index contributed by atoms with van der Waals surface area (Å²) in [7, 11) is -3.49. The number of anilines is 1. The van der Waals surface area contributed by atoms with Crippen molar-refractivity contribution in [1.29, 1.82) is 0 Å². The van der Waals surface area contributed by atoms with Gasteiger partial charge in [-0.2, -0.15) is 8.42 Å². The van der Waals surface area contributed by atoms with Crippen LogP contribution in [0.5, 0.6) is 0 Å². The smallest absolute Gasteiger partial charge is 0.285 e. The zero-order chi connectivity index (χ0) is 11.8. The van der Waals surface area contributed by atoms with Gasteiger partial charge in [-0.15, -0.1) is 4.40 Å². The Balaban J connectivity index is 2.59. The molecule has 0 amide bonds. The number of benzene rings is 1. The highest BCUT2D eigenvalue weighted by atomic mass is 127. The van der Waals surface area contributed by atoms with Crippen molar-refractivity contribution in [3.63, 3.8) is 0 Å². The van der Waals surface area contributed by atoms with Crippen molar-refractivity contribution in [2.75, 3.05) is 11.4 Å². The predicted octanol–water partition coefficient (Wildman–Crippen LogP) is 2.24. The lowest BCUT2D eigenvalue weighted by Crippen LogP contribution is -2.27. The lowest BCUT2D eigenvalue weighted by Gasteiger charge is -2.24. The highest BCUT2D eigenvalue weighted by Crippen LogP contribution is 2.30. The minimum absolute atomic E-state index is 0.301. The monoisotopic (exact) mass is 350 g/mol. The molecular formula is C10H11IN2O2S. The van der Waals surface area contributed by atoms with E-state index in [-0.39, 0.29) is 0 Å².